The number of aromatic nitrogens is 3. The van der Waals surface area contributed by atoms with E-state index < -0.39 is 5.41 Å². The number of aryl methyl sites for hydroxylation is 1. The third kappa shape index (κ3) is 4.16. The molecule has 1 aromatic carbocycles. The lowest BCUT2D eigenvalue weighted by Gasteiger charge is -2.21. The summed E-state index contributed by atoms with van der Waals surface area (Å²) in [6.45, 7) is 2.52. The fourth-order valence-corrected chi connectivity index (χ4v) is 4.37. The molecule has 1 fully saturated rings. The molecule has 0 amide bonds. The Balaban J connectivity index is 1.48. The zero-order valence-electron chi connectivity index (χ0n) is 19.0. The summed E-state index contributed by atoms with van der Waals surface area (Å²) < 4.78 is 0. The number of fused-ring (bicyclic) bond motifs is 1. The van der Waals surface area contributed by atoms with E-state index in [0.29, 0.717) is 29.3 Å². The van der Waals surface area contributed by atoms with E-state index in [2.05, 4.69) is 32.7 Å². The molecular formula is C26H25N7O. The number of anilines is 3. The van der Waals surface area contributed by atoms with Crippen molar-refractivity contribution in [1.82, 2.24) is 15.0 Å². The number of pyridine rings is 1. The Labute approximate surface area is 198 Å². The molecule has 2 aliphatic rings. The summed E-state index contributed by atoms with van der Waals surface area (Å²) in [6, 6.07) is 11.8. The average molecular weight is 452 g/mol. The fourth-order valence-electron chi connectivity index (χ4n) is 4.37. The van der Waals surface area contributed by atoms with Gasteiger partial charge in [0, 0.05) is 29.9 Å². The third-order valence-electron chi connectivity index (χ3n) is 6.70. The first kappa shape index (κ1) is 21.8. The summed E-state index contributed by atoms with van der Waals surface area (Å²) >= 11 is 0. The molecule has 3 aromatic rings. The molecule has 170 valence electrons. The molecule has 1 aliphatic carbocycles. The highest BCUT2D eigenvalue weighted by molar-refractivity contribution is 5.76. The van der Waals surface area contributed by atoms with Crippen molar-refractivity contribution < 1.29 is 5.11 Å². The normalized spacial score (nSPS) is 18.5. The molecule has 1 saturated carbocycles. The van der Waals surface area contributed by atoms with Gasteiger partial charge >= 0.3 is 0 Å². The highest BCUT2D eigenvalue weighted by Gasteiger charge is 2.36. The molecule has 0 radical (unpaired) electrons. The first-order valence-corrected chi connectivity index (χ1v) is 11.5. The second-order valence-corrected chi connectivity index (χ2v) is 9.33. The van der Waals surface area contributed by atoms with Crippen molar-refractivity contribution in [3.8, 4) is 23.4 Å². The van der Waals surface area contributed by atoms with E-state index in [-0.39, 0.29) is 6.61 Å². The number of rotatable bonds is 7. The lowest BCUT2D eigenvalue weighted by atomic mass is 9.83. The maximum absolute atomic E-state index is 9.97. The number of nitrogens with zero attached hydrogens (tertiary/aromatic N) is 5. The average Bonchev–Trinajstić information content (AvgIpc) is 3.64. The summed E-state index contributed by atoms with van der Waals surface area (Å²) in [7, 11) is 0. The molecule has 3 heterocycles. The minimum Gasteiger partial charge on any atom is -0.395 e. The van der Waals surface area contributed by atoms with Crippen molar-refractivity contribution in [2.45, 2.75) is 38.0 Å². The quantitative estimate of drug-likeness (QED) is 0.490. The van der Waals surface area contributed by atoms with Crippen LogP contribution in [0.5, 0.6) is 0 Å². The van der Waals surface area contributed by atoms with Crippen molar-refractivity contribution in [2.24, 2.45) is 5.92 Å². The molecular weight excluding hydrogens is 426 g/mol. The van der Waals surface area contributed by atoms with Gasteiger partial charge in [-0.1, -0.05) is 19.8 Å². The van der Waals surface area contributed by atoms with Gasteiger partial charge in [0.2, 0.25) is 5.95 Å². The van der Waals surface area contributed by atoms with E-state index in [1.54, 1.807) is 30.6 Å². The molecule has 0 bridgehead atoms. The Kier molecular flexibility index (Phi) is 5.61. The zero-order valence-corrected chi connectivity index (χ0v) is 19.0. The summed E-state index contributed by atoms with van der Waals surface area (Å²) in [6.07, 6.45) is 7.74. The molecule has 2 aromatic heterocycles. The van der Waals surface area contributed by atoms with Crippen molar-refractivity contribution in [1.29, 1.82) is 10.5 Å². The van der Waals surface area contributed by atoms with Crippen LogP contribution in [0.1, 0.15) is 48.6 Å². The molecule has 1 atom stereocenters. The molecule has 0 spiro atoms. The predicted octanol–water partition coefficient (Wildman–Crippen LogP) is 4.04. The Bertz CT molecular complexity index is 1340. The van der Waals surface area contributed by atoms with Gasteiger partial charge in [0.25, 0.3) is 0 Å². The molecule has 8 nitrogen and oxygen atoms in total. The fraction of sp³-hybridized carbons (Fsp3) is 0.346. The highest BCUT2D eigenvalue weighted by atomic mass is 16.3. The van der Waals surface area contributed by atoms with Crippen molar-refractivity contribution in [3.63, 3.8) is 0 Å². The number of benzene rings is 1. The highest BCUT2D eigenvalue weighted by Crippen LogP contribution is 2.41. The number of hydrogen-bond donors (Lipinski definition) is 3. The van der Waals surface area contributed by atoms with Crippen LogP contribution >= 0.6 is 0 Å². The number of aliphatic hydroxyl groups excluding tert-OH is 1. The van der Waals surface area contributed by atoms with Gasteiger partial charge in [0.05, 0.1) is 40.5 Å². The van der Waals surface area contributed by atoms with Gasteiger partial charge in [-0.15, -0.1) is 0 Å². The van der Waals surface area contributed by atoms with Gasteiger partial charge < -0.3 is 15.7 Å². The zero-order chi connectivity index (χ0) is 23.7. The van der Waals surface area contributed by atoms with Crippen LogP contribution in [-0.2, 0) is 11.8 Å². The largest absolute Gasteiger partial charge is 0.395 e. The van der Waals surface area contributed by atoms with Gasteiger partial charge in [0.1, 0.15) is 12.1 Å². The van der Waals surface area contributed by atoms with Crippen LogP contribution in [-0.4, -0.2) is 33.2 Å². The number of aliphatic hydroxyl groups is 1. The first-order valence-electron chi connectivity index (χ1n) is 11.5. The lowest BCUT2D eigenvalue weighted by Crippen LogP contribution is -2.28. The van der Waals surface area contributed by atoms with E-state index in [1.807, 2.05) is 13.0 Å². The number of nitriles is 2. The van der Waals surface area contributed by atoms with E-state index in [9.17, 15) is 15.6 Å². The predicted molar refractivity (Wildman–Crippen MR) is 128 cm³/mol. The summed E-state index contributed by atoms with van der Waals surface area (Å²) in [4.78, 5) is 13.6. The number of hydrogen-bond acceptors (Lipinski definition) is 8. The smallest absolute Gasteiger partial charge is 0.227 e. The van der Waals surface area contributed by atoms with Crippen molar-refractivity contribution in [2.75, 3.05) is 23.8 Å². The monoisotopic (exact) mass is 451 g/mol. The summed E-state index contributed by atoms with van der Waals surface area (Å²) in [5.74, 6) is 1.17. The van der Waals surface area contributed by atoms with Gasteiger partial charge in [-0.3, -0.25) is 4.98 Å². The maximum atomic E-state index is 9.97. The SMILES string of the molecule is C[C@]1(CO)CNc2c(C#N)cc(-c3ccnc(Nc4cc(C#N)cnc4CCC4CC4)n3)cc21. The third-order valence-corrected chi connectivity index (χ3v) is 6.70. The van der Waals surface area contributed by atoms with Gasteiger partial charge in [-0.25, -0.2) is 9.97 Å². The first-order chi connectivity index (χ1) is 16.5. The molecule has 0 saturated heterocycles. The van der Waals surface area contributed by atoms with Gasteiger partial charge in [0.15, 0.2) is 0 Å². The van der Waals surface area contributed by atoms with Crippen LogP contribution in [0.15, 0.2) is 36.7 Å². The Hall–Kier alpha value is -4.01. The maximum Gasteiger partial charge on any atom is 0.227 e. The Morgan fingerprint density at radius 3 is 2.79 bits per heavy atom. The topological polar surface area (TPSA) is 131 Å². The molecule has 34 heavy (non-hydrogen) atoms. The Morgan fingerprint density at radius 2 is 2.06 bits per heavy atom. The molecule has 8 heteroatoms. The molecule has 5 rings (SSSR count). The summed E-state index contributed by atoms with van der Waals surface area (Å²) in [5, 5.41) is 35.5. The summed E-state index contributed by atoms with van der Waals surface area (Å²) in [5.41, 5.74) is 5.28. The van der Waals surface area contributed by atoms with Crippen LogP contribution in [0, 0.1) is 28.6 Å². The van der Waals surface area contributed by atoms with Crippen LogP contribution in [0.4, 0.5) is 17.3 Å². The van der Waals surface area contributed by atoms with Crippen molar-refractivity contribution >= 4 is 17.3 Å². The molecule has 3 N–H and O–H groups in total. The lowest BCUT2D eigenvalue weighted by molar-refractivity contribution is 0.219. The van der Waals surface area contributed by atoms with Crippen LogP contribution in [0.25, 0.3) is 11.3 Å². The van der Waals surface area contributed by atoms with Gasteiger partial charge in [-0.05, 0) is 48.6 Å². The molecule has 1 aliphatic heterocycles. The second kappa shape index (κ2) is 8.74. The van der Waals surface area contributed by atoms with Gasteiger partial charge in [-0.2, -0.15) is 10.5 Å². The van der Waals surface area contributed by atoms with Crippen molar-refractivity contribution in [3.05, 3.63) is 59.0 Å². The number of nitrogens with one attached hydrogen (secondary N) is 2. The van der Waals surface area contributed by atoms with E-state index in [1.165, 1.54) is 12.8 Å². The molecule has 0 unspecified atom stereocenters. The van der Waals surface area contributed by atoms with E-state index in [4.69, 9.17) is 4.98 Å². The second-order valence-electron chi connectivity index (χ2n) is 9.33. The Morgan fingerprint density at radius 1 is 1.21 bits per heavy atom. The van der Waals surface area contributed by atoms with Crippen LogP contribution < -0.4 is 10.6 Å². The minimum atomic E-state index is -0.467. The minimum absolute atomic E-state index is 0.0240. The standard InChI is InChI=1S/C26H25N7O/c1-26(15-34)14-31-24-19(12-28)9-18(10-20(24)26)21-6-7-29-25(32-21)33-23-8-17(11-27)13-30-22(23)5-4-16-2-3-16/h6-10,13,16,31,34H,2-5,14-15H2,1H3,(H,29,32,33)/t26-/m1/s1. The van der Waals surface area contributed by atoms with Crippen LogP contribution in [0.2, 0.25) is 0 Å². The van der Waals surface area contributed by atoms with E-state index in [0.717, 1.165) is 47.0 Å². The van der Waals surface area contributed by atoms with E-state index >= 15 is 0 Å². The van der Waals surface area contributed by atoms with Crippen LogP contribution in [0.3, 0.4) is 0 Å².